The Morgan fingerprint density at radius 3 is 1.29 bits per heavy atom. The van der Waals surface area contributed by atoms with Crippen LogP contribution in [0, 0.1) is 41.4 Å². The fourth-order valence-electron chi connectivity index (χ4n) is 7.69. The minimum atomic E-state index is -3.03. The van der Waals surface area contributed by atoms with Crippen molar-refractivity contribution in [2.75, 3.05) is 80.4 Å². The molecule has 0 saturated heterocycles. The third-order valence-electron chi connectivity index (χ3n) is 13.8. The van der Waals surface area contributed by atoms with Gasteiger partial charge in [0.1, 0.15) is 0 Å². The lowest BCUT2D eigenvalue weighted by Crippen LogP contribution is -2.26. The van der Waals surface area contributed by atoms with Crippen molar-refractivity contribution in [3.63, 3.8) is 0 Å². The fourth-order valence-corrected chi connectivity index (χ4v) is 7.69. The summed E-state index contributed by atoms with van der Waals surface area (Å²) in [5.41, 5.74) is 0. The Hall–Kier alpha value is -5.16. The molecule has 6 amide bonds. The molecule has 0 aromatic heterocycles. The second-order valence-corrected chi connectivity index (χ2v) is 25.4. The van der Waals surface area contributed by atoms with Crippen LogP contribution < -0.4 is 31.9 Å². The van der Waals surface area contributed by atoms with Crippen molar-refractivity contribution in [3.05, 3.63) is 0 Å². The van der Waals surface area contributed by atoms with Crippen LogP contribution in [0.25, 0.3) is 0 Å². The maximum atomic E-state index is 12.2. The van der Waals surface area contributed by atoms with Crippen LogP contribution in [0.2, 0.25) is 0 Å². The van der Waals surface area contributed by atoms with Gasteiger partial charge in [0.05, 0.1) is 20.1 Å². The number of alkyl carbamates (subject to hydrolysis) is 3. The summed E-state index contributed by atoms with van der Waals surface area (Å²) in [5, 5.41) is 14.8. The first kappa shape index (κ1) is 125. The van der Waals surface area contributed by atoms with Gasteiger partial charge < -0.3 is 55.6 Å². The molecular formula is C84H170F6N6O11. The van der Waals surface area contributed by atoms with Gasteiger partial charge in [-0.15, -0.1) is 23.7 Å². The molecule has 2 aliphatic rings. The summed E-state index contributed by atoms with van der Waals surface area (Å²) in [6.45, 7) is 44.5. The Morgan fingerprint density at radius 2 is 0.916 bits per heavy atom. The molecule has 107 heavy (non-hydrogen) atoms. The number of carbonyl (C=O) groups is 6. The molecule has 2 aliphatic carbocycles. The van der Waals surface area contributed by atoms with Crippen molar-refractivity contribution in [1.82, 2.24) is 31.9 Å². The van der Waals surface area contributed by atoms with E-state index >= 15 is 0 Å². The van der Waals surface area contributed by atoms with Crippen LogP contribution in [0.3, 0.4) is 0 Å². The number of halogens is 6. The van der Waals surface area contributed by atoms with E-state index in [1.54, 1.807) is 7.11 Å². The quantitative estimate of drug-likeness (QED) is 0.0148. The molecule has 1 atom stereocenters. The minimum Gasteiger partial charge on any atom is -0.453 e. The summed E-state index contributed by atoms with van der Waals surface area (Å²) in [6.07, 6.45) is 34.9. The summed E-state index contributed by atoms with van der Waals surface area (Å²) in [6, 6.07) is 0. The zero-order chi connectivity index (χ0) is 84.3. The highest BCUT2D eigenvalue weighted by Gasteiger charge is 2.55. The summed E-state index contributed by atoms with van der Waals surface area (Å²) in [7, 11) is 4.66. The van der Waals surface area contributed by atoms with Crippen LogP contribution in [0.5, 0.6) is 0 Å². The Bertz CT molecular complexity index is 1830. The van der Waals surface area contributed by atoms with Gasteiger partial charge in [-0.1, -0.05) is 247 Å². The number of amides is 6. The van der Waals surface area contributed by atoms with Gasteiger partial charge >= 0.3 is 24.9 Å². The Morgan fingerprint density at radius 1 is 0.467 bits per heavy atom. The highest BCUT2D eigenvalue weighted by atomic mass is 19.3. The number of methoxy groups -OCH3 is 2. The van der Waals surface area contributed by atoms with Gasteiger partial charge in [-0.3, -0.25) is 14.4 Å². The number of nitrogens with one attached hydrogen (secondary N) is 6. The zero-order valence-electron chi connectivity index (χ0n) is 73.0. The molecule has 0 spiro atoms. The fraction of sp³-hybridized carbons (Fsp3) is 0.881. The number of hydrogen-bond donors (Lipinski definition) is 6. The molecule has 0 aromatic carbocycles. The number of carbonyl (C=O) groups excluding carboxylic acids is 6. The average molecular weight is 1550 g/mol. The van der Waals surface area contributed by atoms with Crippen LogP contribution in [-0.2, 0) is 38.1 Å². The van der Waals surface area contributed by atoms with E-state index in [9.17, 15) is 55.1 Å². The third-order valence-corrected chi connectivity index (χ3v) is 13.8. The van der Waals surface area contributed by atoms with Crippen LogP contribution in [-0.4, -0.2) is 135 Å². The molecule has 0 heterocycles. The van der Waals surface area contributed by atoms with Crippen molar-refractivity contribution < 1.29 is 78.8 Å². The van der Waals surface area contributed by atoms with Crippen LogP contribution in [0.4, 0.5) is 40.7 Å². The van der Waals surface area contributed by atoms with Crippen molar-refractivity contribution in [2.45, 2.75) is 389 Å². The van der Waals surface area contributed by atoms with E-state index in [0.29, 0.717) is 39.1 Å². The molecule has 23 heteroatoms. The number of rotatable bonds is 38. The van der Waals surface area contributed by atoms with Gasteiger partial charge in [-0.25, -0.2) is 31.9 Å². The topological polar surface area (TPSA) is 221 Å². The summed E-state index contributed by atoms with van der Waals surface area (Å²) < 4.78 is 92.2. The predicted octanol–water partition coefficient (Wildman–Crippen LogP) is 23.7. The van der Waals surface area contributed by atoms with Crippen molar-refractivity contribution in [1.29, 1.82) is 0 Å². The molecule has 6 N–H and O–H groups in total. The van der Waals surface area contributed by atoms with E-state index in [0.717, 1.165) is 147 Å². The first-order valence-corrected chi connectivity index (χ1v) is 41.4. The minimum absolute atomic E-state index is 0.0573. The molecule has 2 rings (SSSR count). The molecule has 0 aliphatic heterocycles. The Labute approximate surface area is 654 Å². The SMILES string of the molecule is CCC#CCC.CCC#CCCC.CCCCC1CCCC1.CCCCCC(C)C.CCCCCC1CC1(F)F.CCCCCCOC.CCCCNC(=O)OC.CCCNC(=O)CC.CCCNC(=O)CC(F)F.CCCNC(=O)OC(F)F.CCCNC(C)=O.CCCOC(=O)NC.CCCOCCC. The van der Waals surface area contributed by atoms with Crippen molar-refractivity contribution in [3.8, 4) is 23.7 Å². The second-order valence-electron chi connectivity index (χ2n) is 25.4. The normalized spacial score (nSPS) is 11.8. The molecule has 0 bridgehead atoms. The highest BCUT2D eigenvalue weighted by Crippen LogP contribution is 2.51. The largest absolute Gasteiger partial charge is 0.453 e. The van der Waals surface area contributed by atoms with Gasteiger partial charge in [-0.05, 0) is 82.5 Å². The van der Waals surface area contributed by atoms with E-state index in [2.05, 4.69) is 160 Å². The highest BCUT2D eigenvalue weighted by molar-refractivity contribution is 5.76. The summed E-state index contributed by atoms with van der Waals surface area (Å²) >= 11 is 0. The van der Waals surface area contributed by atoms with E-state index in [1.807, 2.05) is 41.5 Å². The number of alkyl halides is 6. The lowest BCUT2D eigenvalue weighted by atomic mass is 10.0. The van der Waals surface area contributed by atoms with Gasteiger partial charge in [0.2, 0.25) is 24.1 Å². The molecule has 0 radical (unpaired) electrons. The second kappa shape index (κ2) is 114. The molecule has 644 valence electrons. The number of hydrogen-bond acceptors (Lipinski definition) is 11. The van der Waals surface area contributed by atoms with Crippen LogP contribution >= 0.6 is 0 Å². The molecule has 2 saturated carbocycles. The molecule has 17 nitrogen and oxygen atoms in total. The summed E-state index contributed by atoms with van der Waals surface area (Å²) in [4.78, 5) is 61.8. The third kappa shape index (κ3) is 155. The standard InChI is InChI=1S/C9H18.C8H14F2.C8H18.C7H16O.C7H12.C6H11F2NO.C6H13NO2.C6H13NO.C6H14O.C6H10.C5H9F2NO2.C5H11NO2.C5H11NO/c1-2-3-6-9-7-4-5-8-9;1-2-3-4-5-7-6-8(7,9)10;1-4-5-6-7-8(2)3;1-3-4-5-6-7-8-2;1-3-5-7-6-4-2;1-2-3-9-6(10)4-5(7)8;1-3-4-5-7-6(8)9-2;1-3-5-7-6(8)4-2;1-3-5-7-6-4-2;1-3-5-6-4-2;1-2-3-8-5(9)10-4(6)7;1-3-4-8-5(7)6-2;1-3-4-6-5(2)7/h9H,2-8H2,1H3;7H,2-6H2,1H3;8H,4-7H2,1-3H3;3-7H2,1-2H3;3-5H2,1-2H3;5H,2-4H2,1H3,(H,9,10);3-5H2,1-2H3,(H,7,8);3-5H2,1-2H3,(H,7,8);3-6H2,1-2H3;3-4H2,1-2H3;4H,2-3H2,1H3,(H,8,9);3-4H2,1-2H3,(H,6,7);3-4H2,1-2H3,(H,6,7). The Balaban J connectivity index is -0.000000104. The smallest absolute Gasteiger partial charge is 0.411 e. The molecular weight excluding hydrogens is 1380 g/mol. The first-order chi connectivity index (χ1) is 51.0. The van der Waals surface area contributed by atoms with E-state index < -0.39 is 37.4 Å². The first-order valence-electron chi connectivity index (χ1n) is 41.4. The van der Waals surface area contributed by atoms with Crippen LogP contribution in [0.15, 0.2) is 0 Å². The van der Waals surface area contributed by atoms with E-state index in [1.165, 1.54) is 124 Å². The lowest BCUT2D eigenvalue weighted by molar-refractivity contribution is -0.123. The summed E-state index contributed by atoms with van der Waals surface area (Å²) in [5.74, 6) is 11.0. The molecule has 1 unspecified atom stereocenters. The van der Waals surface area contributed by atoms with Gasteiger partial charge in [0.25, 0.3) is 5.92 Å². The van der Waals surface area contributed by atoms with Gasteiger partial charge in [0, 0.05) is 118 Å². The van der Waals surface area contributed by atoms with Gasteiger partial charge in [-0.2, -0.15) is 8.78 Å². The molecule has 2 fully saturated rings. The monoisotopic (exact) mass is 1550 g/mol. The van der Waals surface area contributed by atoms with E-state index in [4.69, 9.17) is 9.47 Å². The zero-order valence-corrected chi connectivity index (χ0v) is 73.0. The van der Waals surface area contributed by atoms with Gasteiger partial charge in [0.15, 0.2) is 0 Å². The lowest BCUT2D eigenvalue weighted by Gasteiger charge is -2.05. The predicted molar refractivity (Wildman–Crippen MR) is 440 cm³/mol. The Kier molecular flexibility index (Phi) is 134. The average Bonchev–Trinajstić information content (AvgIpc) is 1.65. The van der Waals surface area contributed by atoms with Crippen molar-refractivity contribution in [2.24, 2.45) is 17.8 Å². The van der Waals surface area contributed by atoms with E-state index in [-0.39, 0.29) is 36.3 Å². The number of unbranched alkanes of at least 4 members (excludes halogenated alkanes) is 10. The maximum absolute atomic E-state index is 12.2. The van der Waals surface area contributed by atoms with Crippen LogP contribution in [0.1, 0.15) is 370 Å². The van der Waals surface area contributed by atoms with Crippen molar-refractivity contribution >= 4 is 36.0 Å². The molecule has 0 aromatic rings. The maximum Gasteiger partial charge on any atom is 0.411 e. The number of ether oxygens (including phenoxy) is 5.